The second-order valence-corrected chi connectivity index (χ2v) is 15.7. The van der Waals surface area contributed by atoms with E-state index >= 15 is 0 Å². The van der Waals surface area contributed by atoms with Crippen LogP contribution in [-0.2, 0) is 5.41 Å². The second kappa shape index (κ2) is 13.4. The molecule has 3 nitrogen and oxygen atoms in total. The number of hydrogen-bond donors (Lipinski definition) is 0. The summed E-state index contributed by atoms with van der Waals surface area (Å²) in [7, 11) is 0. The Balaban J connectivity index is 1.15. The molecule has 0 saturated carbocycles. The van der Waals surface area contributed by atoms with Crippen molar-refractivity contribution in [3.8, 4) is 44.9 Å². The number of hydrogen-bond acceptors (Lipinski definition) is 3. The summed E-state index contributed by atoms with van der Waals surface area (Å²) in [5, 5.41) is 2.22. The summed E-state index contributed by atoms with van der Waals surface area (Å²) in [5.41, 5.74) is 16.3. The molecule has 0 saturated heterocycles. The molecule has 2 aliphatic rings. The normalized spacial score (nSPS) is 12.9. The van der Waals surface area contributed by atoms with Crippen molar-refractivity contribution in [3.05, 3.63) is 217 Å². The SMILES string of the molecule is CC1(C)c2ccccc2-c2cccc(N(c3ccc(-c4ccccc4)cc3)c3ccc4c5c(cccc35)-c3c(cccc3N(c3ccccc3)c3ccccc3)O4)c21. The molecule has 0 amide bonds. The number of nitrogens with zero attached hydrogens (tertiary/aromatic N) is 2. The molecule has 1 aliphatic carbocycles. The first kappa shape index (κ1) is 33.9. The van der Waals surface area contributed by atoms with Crippen LogP contribution in [0.3, 0.4) is 0 Å². The average Bonchev–Trinajstić information content (AvgIpc) is 3.52. The van der Waals surface area contributed by atoms with Crippen molar-refractivity contribution in [1.29, 1.82) is 0 Å². The summed E-state index contributed by atoms with van der Waals surface area (Å²) in [6.07, 6.45) is 0. The highest BCUT2D eigenvalue weighted by Crippen LogP contribution is 2.57. The first-order chi connectivity index (χ1) is 28.6. The highest BCUT2D eigenvalue weighted by molar-refractivity contribution is 6.13. The van der Waals surface area contributed by atoms with Gasteiger partial charge in [-0.15, -0.1) is 0 Å². The van der Waals surface area contributed by atoms with E-state index in [9.17, 15) is 0 Å². The Morgan fingerprint density at radius 1 is 0.379 bits per heavy atom. The first-order valence-corrected chi connectivity index (χ1v) is 20.0. The highest BCUT2D eigenvalue weighted by Gasteiger charge is 2.39. The van der Waals surface area contributed by atoms with Gasteiger partial charge in [-0.05, 0) is 106 Å². The van der Waals surface area contributed by atoms with E-state index in [4.69, 9.17) is 4.74 Å². The van der Waals surface area contributed by atoms with Crippen LogP contribution in [0, 0.1) is 0 Å². The van der Waals surface area contributed by atoms with Gasteiger partial charge in [0.25, 0.3) is 0 Å². The van der Waals surface area contributed by atoms with Gasteiger partial charge < -0.3 is 14.5 Å². The van der Waals surface area contributed by atoms with Gasteiger partial charge in [-0.3, -0.25) is 0 Å². The van der Waals surface area contributed by atoms with Crippen LogP contribution in [0.15, 0.2) is 206 Å². The van der Waals surface area contributed by atoms with Gasteiger partial charge in [-0.25, -0.2) is 0 Å². The third-order valence-corrected chi connectivity index (χ3v) is 12.0. The molecule has 9 aromatic rings. The van der Waals surface area contributed by atoms with Crippen molar-refractivity contribution in [2.45, 2.75) is 19.3 Å². The summed E-state index contributed by atoms with van der Waals surface area (Å²) >= 11 is 0. The minimum Gasteiger partial charge on any atom is -0.456 e. The number of rotatable bonds is 7. The maximum atomic E-state index is 6.93. The lowest BCUT2D eigenvalue weighted by Gasteiger charge is -2.34. The molecule has 9 aromatic carbocycles. The molecule has 0 radical (unpaired) electrons. The molecule has 0 spiro atoms. The lowest BCUT2D eigenvalue weighted by Crippen LogP contribution is -2.21. The molecule has 1 aliphatic heterocycles. The lowest BCUT2D eigenvalue weighted by atomic mass is 9.81. The second-order valence-electron chi connectivity index (χ2n) is 15.7. The molecular formula is C55H40N2O. The van der Waals surface area contributed by atoms with Gasteiger partial charge in [0.05, 0.1) is 17.1 Å². The topological polar surface area (TPSA) is 15.7 Å². The summed E-state index contributed by atoms with van der Waals surface area (Å²) in [6, 6.07) is 74.1. The third kappa shape index (κ3) is 5.28. The van der Waals surface area contributed by atoms with Crippen molar-refractivity contribution < 1.29 is 4.74 Å². The van der Waals surface area contributed by atoms with Crippen LogP contribution in [-0.4, -0.2) is 0 Å². The van der Waals surface area contributed by atoms with Crippen molar-refractivity contribution in [2.24, 2.45) is 0 Å². The van der Waals surface area contributed by atoms with Gasteiger partial charge >= 0.3 is 0 Å². The maximum absolute atomic E-state index is 6.93. The summed E-state index contributed by atoms with van der Waals surface area (Å²) < 4.78 is 6.93. The molecule has 11 rings (SSSR count). The molecule has 0 fully saturated rings. The van der Waals surface area contributed by atoms with E-state index in [0.717, 1.165) is 61.8 Å². The quantitative estimate of drug-likeness (QED) is 0.162. The van der Waals surface area contributed by atoms with Gasteiger partial charge in [-0.2, -0.15) is 0 Å². The van der Waals surface area contributed by atoms with Gasteiger partial charge in [0, 0.05) is 38.8 Å². The Morgan fingerprint density at radius 2 is 0.948 bits per heavy atom. The minimum atomic E-state index is -0.216. The van der Waals surface area contributed by atoms with Crippen LogP contribution >= 0.6 is 0 Å². The number of fused-ring (bicyclic) bond motifs is 5. The Labute approximate surface area is 339 Å². The van der Waals surface area contributed by atoms with E-state index in [1.165, 1.54) is 39.1 Å². The lowest BCUT2D eigenvalue weighted by molar-refractivity contribution is 0.487. The van der Waals surface area contributed by atoms with Crippen molar-refractivity contribution in [3.63, 3.8) is 0 Å². The molecular weight excluding hydrogens is 705 g/mol. The zero-order chi connectivity index (χ0) is 38.8. The van der Waals surface area contributed by atoms with Crippen LogP contribution in [0.2, 0.25) is 0 Å². The smallest absolute Gasteiger partial charge is 0.137 e. The Bertz CT molecular complexity index is 2950. The summed E-state index contributed by atoms with van der Waals surface area (Å²) in [5.74, 6) is 1.70. The molecule has 0 unspecified atom stereocenters. The van der Waals surface area contributed by atoms with Crippen LogP contribution in [0.4, 0.5) is 34.1 Å². The van der Waals surface area contributed by atoms with Gasteiger partial charge in [0.2, 0.25) is 0 Å². The zero-order valence-corrected chi connectivity index (χ0v) is 32.4. The molecule has 0 atom stereocenters. The van der Waals surface area contributed by atoms with Crippen molar-refractivity contribution in [2.75, 3.05) is 9.80 Å². The molecule has 276 valence electrons. The fourth-order valence-corrected chi connectivity index (χ4v) is 9.46. The van der Waals surface area contributed by atoms with E-state index in [1.54, 1.807) is 0 Å². The number of ether oxygens (including phenoxy) is 1. The van der Waals surface area contributed by atoms with Crippen LogP contribution in [0.25, 0.3) is 44.2 Å². The van der Waals surface area contributed by atoms with Crippen LogP contribution in [0.5, 0.6) is 11.5 Å². The monoisotopic (exact) mass is 744 g/mol. The number of benzene rings is 9. The Morgan fingerprint density at radius 3 is 1.69 bits per heavy atom. The first-order valence-electron chi connectivity index (χ1n) is 20.0. The average molecular weight is 745 g/mol. The molecule has 3 heteroatoms. The van der Waals surface area contributed by atoms with Crippen LogP contribution in [0.1, 0.15) is 25.0 Å². The predicted octanol–water partition coefficient (Wildman–Crippen LogP) is 15.5. The van der Waals surface area contributed by atoms with Crippen molar-refractivity contribution >= 4 is 44.9 Å². The Hall–Kier alpha value is -7.36. The molecule has 0 N–H and O–H groups in total. The maximum Gasteiger partial charge on any atom is 0.137 e. The summed E-state index contributed by atoms with van der Waals surface area (Å²) in [6.45, 7) is 4.74. The molecule has 0 bridgehead atoms. The number of para-hydroxylation sites is 2. The van der Waals surface area contributed by atoms with E-state index in [0.29, 0.717) is 0 Å². The predicted molar refractivity (Wildman–Crippen MR) is 242 cm³/mol. The fourth-order valence-electron chi connectivity index (χ4n) is 9.46. The molecule has 1 heterocycles. The van der Waals surface area contributed by atoms with E-state index in [1.807, 2.05) is 0 Å². The fraction of sp³-hybridized carbons (Fsp3) is 0.0545. The highest BCUT2D eigenvalue weighted by atomic mass is 16.5. The van der Waals surface area contributed by atoms with Gasteiger partial charge in [-0.1, -0.05) is 153 Å². The minimum absolute atomic E-state index is 0.216. The van der Waals surface area contributed by atoms with E-state index in [-0.39, 0.29) is 5.41 Å². The molecule has 58 heavy (non-hydrogen) atoms. The van der Waals surface area contributed by atoms with Gasteiger partial charge in [0.1, 0.15) is 11.5 Å². The van der Waals surface area contributed by atoms with Crippen molar-refractivity contribution in [1.82, 2.24) is 0 Å². The van der Waals surface area contributed by atoms with E-state index < -0.39 is 0 Å². The summed E-state index contributed by atoms with van der Waals surface area (Å²) in [4.78, 5) is 4.81. The third-order valence-electron chi connectivity index (χ3n) is 12.0. The van der Waals surface area contributed by atoms with Crippen LogP contribution < -0.4 is 14.5 Å². The van der Waals surface area contributed by atoms with Gasteiger partial charge in [0.15, 0.2) is 0 Å². The van der Waals surface area contributed by atoms with E-state index in [2.05, 4.69) is 230 Å². The zero-order valence-electron chi connectivity index (χ0n) is 32.4. The largest absolute Gasteiger partial charge is 0.456 e. The Kier molecular flexibility index (Phi) is 7.84. The standard InChI is InChI=1S/C55H40N2O/c1-55(2)46-27-13-12-23-42(46)43-24-15-29-49(54(43)55)57(41-33-31-38(32-34-41)37-17-6-3-7-18-37)47-35-36-51-52-44(47)25-14-26-45(52)53-48(28-16-30-50(53)58-51)56(39-19-8-4-9-20-39)40-21-10-5-11-22-40/h3-36H,1-2H3. The molecule has 0 aromatic heterocycles. The number of anilines is 6.